The van der Waals surface area contributed by atoms with Crippen LogP contribution in [0.4, 0.5) is 0 Å². The minimum atomic E-state index is -1.97. The Morgan fingerprint density at radius 1 is 1.25 bits per heavy atom. The van der Waals surface area contributed by atoms with Crippen molar-refractivity contribution in [2.24, 2.45) is 4.47 Å². The number of hydrogen-bond acceptors (Lipinski definition) is 4. The van der Waals surface area contributed by atoms with Crippen LogP contribution in [0.15, 0.2) is 17.1 Å². The van der Waals surface area contributed by atoms with Crippen molar-refractivity contribution in [3.63, 3.8) is 0 Å². The number of hydrogen-bond donors (Lipinski definition) is 0. The highest BCUT2D eigenvalue weighted by molar-refractivity contribution is 7.93. The first-order chi connectivity index (χ1) is 5.79. The van der Waals surface area contributed by atoms with Gasteiger partial charge in [-0.25, -0.2) is 4.21 Å². The number of nitrogens with zero attached hydrogens (tertiary/aromatic N) is 4. The fourth-order valence-corrected chi connectivity index (χ4v) is 3.35. The molecule has 0 atom stereocenters. The zero-order chi connectivity index (χ0) is 8.44. The van der Waals surface area contributed by atoms with Crippen molar-refractivity contribution in [2.75, 3.05) is 11.5 Å². The molecule has 5 nitrogen and oxygen atoms in total. The second kappa shape index (κ2) is 2.85. The molecule has 1 fully saturated rings. The summed E-state index contributed by atoms with van der Waals surface area (Å²) < 4.78 is 17.3. The summed E-state index contributed by atoms with van der Waals surface area (Å²) in [7, 11) is -1.97. The summed E-state index contributed by atoms with van der Waals surface area (Å²) in [4.78, 5) is 0. The monoisotopic (exact) mass is 186 g/mol. The van der Waals surface area contributed by atoms with E-state index in [-0.39, 0.29) is 0 Å². The summed E-state index contributed by atoms with van der Waals surface area (Å²) in [6.07, 6.45) is 4.96. The molecule has 1 aliphatic heterocycles. The van der Waals surface area contributed by atoms with E-state index in [0.29, 0.717) is 11.5 Å². The molecule has 0 amide bonds. The van der Waals surface area contributed by atoms with Gasteiger partial charge in [0.2, 0.25) is 0 Å². The Hall–Kier alpha value is -0.910. The van der Waals surface area contributed by atoms with E-state index in [1.54, 1.807) is 0 Å². The lowest BCUT2D eigenvalue weighted by Gasteiger charge is -1.97. The Morgan fingerprint density at radius 2 is 1.83 bits per heavy atom. The van der Waals surface area contributed by atoms with E-state index in [9.17, 15) is 4.21 Å². The molecule has 0 bridgehead atoms. The highest BCUT2D eigenvalue weighted by atomic mass is 32.2. The predicted molar refractivity (Wildman–Crippen MR) is 45.0 cm³/mol. The molecule has 1 aromatic rings. The van der Waals surface area contributed by atoms with Crippen molar-refractivity contribution >= 4 is 9.73 Å². The molecule has 12 heavy (non-hydrogen) atoms. The maximum atomic E-state index is 11.8. The van der Waals surface area contributed by atoms with E-state index >= 15 is 0 Å². The van der Waals surface area contributed by atoms with Crippen LogP contribution in [-0.2, 0) is 9.73 Å². The number of rotatable bonds is 1. The van der Waals surface area contributed by atoms with E-state index in [1.165, 1.54) is 17.3 Å². The predicted octanol–water partition coefficient (Wildman–Crippen LogP) is 0.303. The molecule has 0 spiro atoms. The van der Waals surface area contributed by atoms with Gasteiger partial charge in [-0.1, -0.05) is 0 Å². The van der Waals surface area contributed by atoms with Gasteiger partial charge in [0.1, 0.15) is 12.7 Å². The Balaban J connectivity index is 2.34. The van der Waals surface area contributed by atoms with Gasteiger partial charge in [-0.2, -0.15) is 4.68 Å². The van der Waals surface area contributed by atoms with E-state index in [2.05, 4.69) is 14.7 Å². The van der Waals surface area contributed by atoms with Crippen LogP contribution in [-0.4, -0.2) is 30.6 Å². The third kappa shape index (κ3) is 1.47. The molecule has 0 unspecified atom stereocenters. The molecule has 2 rings (SSSR count). The summed E-state index contributed by atoms with van der Waals surface area (Å²) >= 11 is 0. The Kier molecular flexibility index (Phi) is 1.84. The molecule has 1 saturated heterocycles. The molecular weight excluding hydrogens is 176 g/mol. The van der Waals surface area contributed by atoms with Crippen molar-refractivity contribution in [1.82, 2.24) is 14.9 Å². The fraction of sp³-hybridized carbons (Fsp3) is 0.667. The largest absolute Gasteiger partial charge is 0.248 e. The first-order valence-corrected chi connectivity index (χ1v) is 5.71. The first kappa shape index (κ1) is 7.72. The molecule has 0 radical (unpaired) electrons. The highest BCUT2D eigenvalue weighted by Crippen LogP contribution is 2.13. The van der Waals surface area contributed by atoms with Crippen LogP contribution < -0.4 is 0 Å². The van der Waals surface area contributed by atoms with Crippen molar-refractivity contribution in [1.29, 1.82) is 0 Å². The molecule has 0 N–H and O–H groups in total. The Bertz CT molecular complexity index is 351. The molecule has 1 aromatic heterocycles. The smallest absolute Gasteiger partial charge is 0.142 e. The second-order valence-corrected chi connectivity index (χ2v) is 5.34. The van der Waals surface area contributed by atoms with Gasteiger partial charge < -0.3 is 0 Å². The fourth-order valence-electron chi connectivity index (χ4n) is 1.25. The van der Waals surface area contributed by atoms with Gasteiger partial charge in [0.05, 0.1) is 9.73 Å². The average Bonchev–Trinajstić information content (AvgIpc) is 2.62. The van der Waals surface area contributed by atoms with Gasteiger partial charge in [0.15, 0.2) is 0 Å². The minimum Gasteiger partial charge on any atom is -0.248 e. The molecule has 0 aliphatic carbocycles. The maximum absolute atomic E-state index is 11.8. The molecule has 2 heterocycles. The normalized spacial score (nSPS) is 21.0. The van der Waals surface area contributed by atoms with Gasteiger partial charge >= 0.3 is 0 Å². The van der Waals surface area contributed by atoms with Crippen molar-refractivity contribution < 1.29 is 4.21 Å². The van der Waals surface area contributed by atoms with Gasteiger partial charge in [-0.05, 0) is 12.8 Å². The third-order valence-corrected chi connectivity index (χ3v) is 4.17. The van der Waals surface area contributed by atoms with Crippen LogP contribution in [0.1, 0.15) is 12.8 Å². The second-order valence-electron chi connectivity index (χ2n) is 2.81. The van der Waals surface area contributed by atoms with Gasteiger partial charge in [-0.3, -0.25) is 0 Å². The summed E-state index contributed by atoms with van der Waals surface area (Å²) in [5.74, 6) is 1.43. The standard InChI is InChI=1S/C6H10N4OS/c11-12(3-1-2-4-12)9-10-5-7-8-6-10/h5-6H,1-4H2. The van der Waals surface area contributed by atoms with Crippen LogP contribution in [0, 0.1) is 0 Å². The summed E-state index contributed by atoms with van der Waals surface area (Å²) in [5.41, 5.74) is 0. The van der Waals surface area contributed by atoms with E-state index in [4.69, 9.17) is 0 Å². The maximum Gasteiger partial charge on any atom is 0.142 e. The van der Waals surface area contributed by atoms with Gasteiger partial charge in [0, 0.05) is 11.5 Å². The van der Waals surface area contributed by atoms with E-state index in [0.717, 1.165) is 12.8 Å². The van der Waals surface area contributed by atoms with Crippen LogP contribution in [0.2, 0.25) is 0 Å². The lowest BCUT2D eigenvalue weighted by atomic mass is 10.4. The summed E-state index contributed by atoms with van der Waals surface area (Å²) in [6, 6.07) is 0. The van der Waals surface area contributed by atoms with Crippen LogP contribution in [0.5, 0.6) is 0 Å². The highest BCUT2D eigenvalue weighted by Gasteiger charge is 2.16. The Morgan fingerprint density at radius 3 is 2.42 bits per heavy atom. The van der Waals surface area contributed by atoms with Crippen molar-refractivity contribution in [3.8, 4) is 0 Å². The Labute approximate surface area is 71.0 Å². The topological polar surface area (TPSA) is 60.1 Å². The van der Waals surface area contributed by atoms with Gasteiger partial charge in [-0.15, -0.1) is 14.7 Å². The van der Waals surface area contributed by atoms with Crippen LogP contribution >= 0.6 is 0 Å². The van der Waals surface area contributed by atoms with Crippen LogP contribution in [0.3, 0.4) is 0 Å². The van der Waals surface area contributed by atoms with Gasteiger partial charge in [0.25, 0.3) is 0 Å². The SMILES string of the molecule is O=S1(=Nn2cnnc2)CCCC1. The average molecular weight is 186 g/mol. The van der Waals surface area contributed by atoms with Crippen LogP contribution in [0.25, 0.3) is 0 Å². The molecule has 0 aromatic carbocycles. The molecule has 66 valence electrons. The summed E-state index contributed by atoms with van der Waals surface area (Å²) in [5, 5.41) is 7.18. The van der Waals surface area contributed by atoms with E-state index in [1.807, 2.05) is 0 Å². The molecule has 1 aliphatic rings. The zero-order valence-corrected chi connectivity index (χ0v) is 7.40. The lowest BCUT2D eigenvalue weighted by Crippen LogP contribution is -2.03. The van der Waals surface area contributed by atoms with Crippen molar-refractivity contribution in [3.05, 3.63) is 12.7 Å². The van der Waals surface area contributed by atoms with E-state index < -0.39 is 9.73 Å². The lowest BCUT2D eigenvalue weighted by molar-refractivity contribution is 0.674. The summed E-state index contributed by atoms with van der Waals surface area (Å²) in [6.45, 7) is 0. The first-order valence-electron chi connectivity index (χ1n) is 3.86. The molecule has 0 saturated carbocycles. The molecular formula is C6H10N4OS. The van der Waals surface area contributed by atoms with Crippen molar-refractivity contribution in [2.45, 2.75) is 12.8 Å². The molecule has 6 heteroatoms. The number of aromatic nitrogens is 3. The zero-order valence-electron chi connectivity index (χ0n) is 6.59. The minimum absolute atomic E-state index is 0.713. The quantitative estimate of drug-likeness (QED) is 0.634. The third-order valence-electron chi connectivity index (χ3n) is 1.83.